The van der Waals surface area contributed by atoms with Gasteiger partial charge in [0.15, 0.2) is 0 Å². The maximum atomic E-state index is 13.8. The summed E-state index contributed by atoms with van der Waals surface area (Å²) in [6.07, 6.45) is 1.41. The van der Waals surface area contributed by atoms with Gasteiger partial charge in [-0.1, -0.05) is 99.6 Å². The molecule has 0 radical (unpaired) electrons. The lowest BCUT2D eigenvalue weighted by Crippen LogP contribution is -2.35. The van der Waals surface area contributed by atoms with E-state index >= 15 is 0 Å². The molecule has 2 atom stereocenters. The van der Waals surface area contributed by atoms with E-state index in [2.05, 4.69) is 30.8 Å². The summed E-state index contributed by atoms with van der Waals surface area (Å²) in [4.78, 5) is 27.9. The zero-order chi connectivity index (χ0) is 43.7. The van der Waals surface area contributed by atoms with Crippen LogP contribution >= 0.6 is 0 Å². The first kappa shape index (κ1) is 42.8. The van der Waals surface area contributed by atoms with Crippen LogP contribution in [-0.2, 0) is 38.3 Å². The van der Waals surface area contributed by atoms with E-state index < -0.39 is 25.9 Å². The van der Waals surface area contributed by atoms with Crippen LogP contribution in [0.4, 0.5) is 27.1 Å². The average molecular weight is 859 g/mol. The van der Waals surface area contributed by atoms with Crippen LogP contribution in [0.3, 0.4) is 0 Å². The van der Waals surface area contributed by atoms with Crippen molar-refractivity contribution in [2.24, 2.45) is 0 Å². The standard InChI is InChI=1S/C26H28N2O3S.C22H19FN2O3S/c1-18-16-19-10-5-8-15-24(19)28(18)32(30,31)21-12-9-11-20(17-21)25(29)27-23-14-7-6-13-22(23)26(2,3)4;1-15-13-16-7-2-5-12-21(16)25(15)22(26)17-8-6-9-18(14-17)29(27,28)24-20-11-4-3-10-19(20)23/h5-15,17-18H,16H2,1-4H3,(H,27,29);2-12,14-15,24H,13H2,1H3. The van der Waals surface area contributed by atoms with Gasteiger partial charge in [0.05, 0.1) is 21.2 Å². The molecule has 2 N–H and O–H groups in total. The zero-order valence-electron chi connectivity index (χ0n) is 34.5. The topological polar surface area (TPSA) is 133 Å². The number of anilines is 4. The maximum Gasteiger partial charge on any atom is 0.264 e. The van der Waals surface area contributed by atoms with Gasteiger partial charge in [-0.25, -0.2) is 21.2 Å². The van der Waals surface area contributed by atoms with Gasteiger partial charge in [0.2, 0.25) is 0 Å². The quantitative estimate of drug-likeness (QED) is 0.157. The van der Waals surface area contributed by atoms with Crippen molar-refractivity contribution in [2.45, 2.75) is 74.7 Å². The van der Waals surface area contributed by atoms with Crippen molar-refractivity contribution in [3.63, 3.8) is 0 Å². The van der Waals surface area contributed by atoms with Gasteiger partial charge in [-0.05, 0) is 116 Å². The number of halogens is 1. The van der Waals surface area contributed by atoms with E-state index in [4.69, 9.17) is 0 Å². The number of sulfonamides is 2. The van der Waals surface area contributed by atoms with Gasteiger partial charge >= 0.3 is 0 Å². The monoisotopic (exact) mass is 858 g/mol. The van der Waals surface area contributed by atoms with Crippen LogP contribution in [-0.4, -0.2) is 40.7 Å². The molecule has 0 aliphatic carbocycles. The molecule has 2 unspecified atom stereocenters. The number of benzene rings is 6. The lowest BCUT2D eigenvalue weighted by atomic mass is 9.86. The second-order valence-electron chi connectivity index (χ2n) is 16.2. The van der Waals surface area contributed by atoms with Gasteiger partial charge in [-0.15, -0.1) is 0 Å². The van der Waals surface area contributed by atoms with E-state index in [1.165, 1.54) is 52.8 Å². The number of rotatable bonds is 8. The maximum absolute atomic E-state index is 13.8. The third kappa shape index (κ3) is 8.94. The minimum atomic E-state index is -4.05. The van der Waals surface area contributed by atoms with Crippen LogP contribution in [0.15, 0.2) is 155 Å². The SMILES string of the molecule is CC1Cc2ccccc2N1C(=O)c1cccc(S(=O)(=O)Nc2ccccc2F)c1.CC1Cc2ccccc2N1S(=O)(=O)c1cccc(C(=O)Nc2ccccc2C(C)(C)C)c1. The first-order chi connectivity index (χ1) is 29.0. The number of fused-ring (bicyclic) bond motifs is 2. The van der Waals surface area contributed by atoms with E-state index in [0.29, 0.717) is 17.7 Å². The number of hydrogen-bond acceptors (Lipinski definition) is 6. The van der Waals surface area contributed by atoms with Crippen molar-refractivity contribution in [3.05, 3.63) is 179 Å². The largest absolute Gasteiger partial charge is 0.322 e. The molecule has 2 amide bonds. The Bertz CT molecular complexity index is 2860. The van der Waals surface area contributed by atoms with Gasteiger partial charge in [-0.3, -0.25) is 18.6 Å². The van der Waals surface area contributed by atoms with Crippen LogP contribution in [0.25, 0.3) is 0 Å². The first-order valence-electron chi connectivity index (χ1n) is 19.9. The predicted octanol–water partition coefficient (Wildman–Crippen LogP) is 9.59. The Morgan fingerprint density at radius 1 is 0.623 bits per heavy atom. The van der Waals surface area contributed by atoms with E-state index in [1.54, 1.807) is 29.2 Å². The molecule has 2 aliphatic heterocycles. The molecule has 2 heterocycles. The normalized spacial score (nSPS) is 15.9. The van der Waals surface area contributed by atoms with E-state index in [9.17, 15) is 30.8 Å². The van der Waals surface area contributed by atoms with Crippen molar-refractivity contribution in [2.75, 3.05) is 19.2 Å². The minimum Gasteiger partial charge on any atom is -0.322 e. The Labute approximate surface area is 357 Å². The molecule has 2 aliphatic rings. The molecule has 13 heteroatoms. The predicted molar refractivity (Wildman–Crippen MR) is 239 cm³/mol. The highest BCUT2D eigenvalue weighted by Gasteiger charge is 2.36. The summed E-state index contributed by atoms with van der Waals surface area (Å²) in [5.41, 5.74) is 5.63. The van der Waals surface area contributed by atoms with Crippen molar-refractivity contribution >= 4 is 54.6 Å². The van der Waals surface area contributed by atoms with Gasteiger partial charge in [0.25, 0.3) is 31.9 Å². The summed E-state index contributed by atoms with van der Waals surface area (Å²) in [5.74, 6) is -1.29. The van der Waals surface area contributed by atoms with Crippen molar-refractivity contribution in [1.82, 2.24) is 0 Å². The number of hydrogen-bond donors (Lipinski definition) is 2. The Kier molecular flexibility index (Phi) is 11.9. The highest BCUT2D eigenvalue weighted by atomic mass is 32.2. The van der Waals surface area contributed by atoms with E-state index in [-0.39, 0.29) is 50.4 Å². The Balaban J connectivity index is 0.000000185. The number of carbonyl (C=O) groups is 2. The van der Waals surface area contributed by atoms with Crippen LogP contribution in [0.1, 0.15) is 72.0 Å². The summed E-state index contributed by atoms with van der Waals surface area (Å²) in [6, 6.07) is 40.2. The molecule has 314 valence electrons. The highest BCUT2D eigenvalue weighted by Crippen LogP contribution is 2.37. The van der Waals surface area contributed by atoms with Crippen molar-refractivity contribution < 1.29 is 30.8 Å². The third-order valence-corrected chi connectivity index (χ3v) is 14.0. The Morgan fingerprint density at radius 3 is 1.85 bits per heavy atom. The van der Waals surface area contributed by atoms with Crippen LogP contribution in [0.2, 0.25) is 0 Å². The molecule has 0 bridgehead atoms. The smallest absolute Gasteiger partial charge is 0.264 e. The number of nitrogens with zero attached hydrogens (tertiary/aromatic N) is 2. The van der Waals surface area contributed by atoms with Gasteiger partial charge in [0, 0.05) is 34.6 Å². The van der Waals surface area contributed by atoms with E-state index in [1.807, 2.05) is 86.6 Å². The van der Waals surface area contributed by atoms with Gasteiger partial charge in [0.1, 0.15) is 5.82 Å². The second-order valence-corrected chi connectivity index (χ2v) is 19.7. The molecule has 0 spiro atoms. The number of carbonyl (C=O) groups excluding carboxylic acids is 2. The lowest BCUT2D eigenvalue weighted by molar-refractivity contribution is 0.0979. The summed E-state index contributed by atoms with van der Waals surface area (Å²) in [7, 11) is -7.86. The van der Waals surface area contributed by atoms with Crippen LogP contribution in [0.5, 0.6) is 0 Å². The molecule has 0 fully saturated rings. The summed E-state index contributed by atoms with van der Waals surface area (Å²) in [6.45, 7) is 10.1. The average Bonchev–Trinajstić information content (AvgIpc) is 3.76. The summed E-state index contributed by atoms with van der Waals surface area (Å²) in [5, 5.41) is 2.96. The fraction of sp³-hybridized carbons (Fsp3) is 0.208. The van der Waals surface area contributed by atoms with E-state index in [0.717, 1.165) is 34.5 Å². The van der Waals surface area contributed by atoms with Gasteiger partial charge < -0.3 is 10.2 Å². The Hall–Kier alpha value is -6.31. The molecule has 61 heavy (non-hydrogen) atoms. The molecular weight excluding hydrogens is 812 g/mol. The summed E-state index contributed by atoms with van der Waals surface area (Å²) >= 11 is 0. The molecule has 6 aromatic rings. The molecule has 8 rings (SSSR count). The first-order valence-corrected chi connectivity index (χ1v) is 22.8. The Morgan fingerprint density at radius 2 is 1.16 bits per heavy atom. The zero-order valence-corrected chi connectivity index (χ0v) is 36.1. The second kappa shape index (κ2) is 17.0. The fourth-order valence-electron chi connectivity index (χ4n) is 7.81. The molecular formula is C48H47FN4O6S2. The van der Waals surface area contributed by atoms with Crippen LogP contribution in [0, 0.1) is 5.82 Å². The van der Waals surface area contributed by atoms with Crippen molar-refractivity contribution in [1.29, 1.82) is 0 Å². The van der Waals surface area contributed by atoms with Crippen molar-refractivity contribution in [3.8, 4) is 0 Å². The number of amides is 2. The molecule has 6 aromatic carbocycles. The molecule has 10 nitrogen and oxygen atoms in total. The molecule has 0 aromatic heterocycles. The highest BCUT2D eigenvalue weighted by molar-refractivity contribution is 7.93. The number of nitrogens with one attached hydrogen (secondary N) is 2. The molecule has 0 saturated heterocycles. The fourth-order valence-corrected chi connectivity index (χ4v) is 10.7. The van der Waals surface area contributed by atoms with Crippen LogP contribution < -0.4 is 19.2 Å². The third-order valence-electron chi connectivity index (χ3n) is 10.7. The minimum absolute atomic E-state index is 0.0308. The van der Waals surface area contributed by atoms with Gasteiger partial charge in [-0.2, -0.15) is 0 Å². The lowest BCUT2D eigenvalue weighted by Gasteiger charge is -2.25. The summed E-state index contributed by atoms with van der Waals surface area (Å²) < 4.78 is 70.0. The molecule has 0 saturated carbocycles. The number of para-hydroxylation sites is 4.